The third-order valence-corrected chi connectivity index (χ3v) is 6.67. The molecule has 2 aliphatic heterocycles. The number of nitrogens with zero attached hydrogens (tertiary/aromatic N) is 3. The first-order valence-corrected chi connectivity index (χ1v) is 11.3. The summed E-state index contributed by atoms with van der Waals surface area (Å²) < 4.78 is 19.4. The zero-order chi connectivity index (χ0) is 22.0. The molecule has 1 N–H and O–H groups in total. The van der Waals surface area contributed by atoms with Crippen LogP contribution in [0.15, 0.2) is 29.6 Å². The summed E-state index contributed by atoms with van der Waals surface area (Å²) in [6.45, 7) is 4.61. The molecule has 2 aromatic rings. The fourth-order valence-corrected chi connectivity index (χ4v) is 4.86. The Morgan fingerprint density at radius 2 is 2.00 bits per heavy atom. The molecule has 2 aliphatic rings. The van der Waals surface area contributed by atoms with E-state index in [1.807, 2.05) is 18.9 Å². The van der Waals surface area contributed by atoms with Crippen molar-refractivity contribution in [2.45, 2.75) is 38.0 Å². The van der Waals surface area contributed by atoms with E-state index in [0.717, 1.165) is 17.1 Å². The lowest BCUT2D eigenvalue weighted by Gasteiger charge is -2.48. The number of benzene rings is 1. The van der Waals surface area contributed by atoms with Gasteiger partial charge in [-0.1, -0.05) is 12.1 Å². The molecular formula is C22H27FN4O3S. The van der Waals surface area contributed by atoms with E-state index < -0.39 is 11.7 Å². The van der Waals surface area contributed by atoms with E-state index in [9.17, 15) is 14.0 Å². The Bertz CT molecular complexity index is 940. The molecule has 9 heteroatoms. The van der Waals surface area contributed by atoms with Gasteiger partial charge in [0.2, 0.25) is 0 Å². The highest BCUT2D eigenvalue weighted by atomic mass is 32.1. The van der Waals surface area contributed by atoms with E-state index in [4.69, 9.17) is 4.74 Å². The van der Waals surface area contributed by atoms with Crippen LogP contribution in [-0.4, -0.2) is 71.5 Å². The summed E-state index contributed by atoms with van der Waals surface area (Å²) in [5.74, 6) is -0.521. The average molecular weight is 447 g/mol. The summed E-state index contributed by atoms with van der Waals surface area (Å²) in [7, 11) is 1.99. The first-order valence-electron chi connectivity index (χ1n) is 10.4. The van der Waals surface area contributed by atoms with Crippen LogP contribution in [0, 0.1) is 12.7 Å². The number of rotatable bonds is 4. The quantitative estimate of drug-likeness (QED) is 0.780. The minimum Gasteiger partial charge on any atom is -0.359 e. The maximum absolute atomic E-state index is 13.1. The SMILES string of the molecule is Cc1nc(C(=O)N2CCC3(CC2)CN(C)CC(C(=O)NCc2ccc(F)cc2)O3)cs1. The molecule has 7 nitrogen and oxygen atoms in total. The molecule has 0 bridgehead atoms. The second-order valence-electron chi connectivity index (χ2n) is 8.37. The van der Waals surface area contributed by atoms with E-state index in [1.165, 1.54) is 23.5 Å². The van der Waals surface area contributed by atoms with Crippen molar-refractivity contribution in [2.75, 3.05) is 33.2 Å². The number of carbonyl (C=O) groups is 2. The van der Waals surface area contributed by atoms with Crippen molar-refractivity contribution >= 4 is 23.2 Å². The van der Waals surface area contributed by atoms with E-state index >= 15 is 0 Å². The third-order valence-electron chi connectivity index (χ3n) is 5.90. The van der Waals surface area contributed by atoms with Crippen molar-refractivity contribution in [3.8, 4) is 0 Å². The Balaban J connectivity index is 1.34. The summed E-state index contributed by atoms with van der Waals surface area (Å²) in [6, 6.07) is 6.07. The predicted octanol–water partition coefficient (Wildman–Crippen LogP) is 2.21. The Kier molecular flexibility index (Phi) is 6.36. The Morgan fingerprint density at radius 3 is 2.65 bits per heavy atom. The summed E-state index contributed by atoms with van der Waals surface area (Å²) in [4.78, 5) is 33.7. The first-order chi connectivity index (χ1) is 14.8. The van der Waals surface area contributed by atoms with Crippen molar-refractivity contribution in [1.29, 1.82) is 0 Å². The number of piperidine rings is 1. The van der Waals surface area contributed by atoms with Crippen molar-refractivity contribution in [3.63, 3.8) is 0 Å². The van der Waals surface area contributed by atoms with Crippen LogP contribution in [0.2, 0.25) is 0 Å². The molecule has 1 aromatic heterocycles. The number of aryl methyl sites for hydroxylation is 1. The average Bonchev–Trinajstić information content (AvgIpc) is 3.19. The molecule has 0 saturated carbocycles. The molecule has 2 saturated heterocycles. The number of hydrogen-bond donors (Lipinski definition) is 1. The highest BCUT2D eigenvalue weighted by Gasteiger charge is 2.44. The van der Waals surface area contributed by atoms with Gasteiger partial charge >= 0.3 is 0 Å². The first kappa shape index (κ1) is 21.9. The predicted molar refractivity (Wildman–Crippen MR) is 115 cm³/mol. The lowest BCUT2D eigenvalue weighted by atomic mass is 9.88. The fraction of sp³-hybridized carbons (Fsp3) is 0.500. The molecular weight excluding hydrogens is 419 g/mol. The summed E-state index contributed by atoms with van der Waals surface area (Å²) in [5.41, 5.74) is 0.885. The zero-order valence-electron chi connectivity index (χ0n) is 17.8. The molecule has 1 atom stereocenters. The lowest BCUT2D eigenvalue weighted by molar-refractivity contribution is -0.180. The molecule has 2 fully saturated rings. The topological polar surface area (TPSA) is 74.8 Å². The number of likely N-dealkylation sites (N-methyl/N-ethyl adjacent to an activating group) is 1. The standard InChI is InChI=1S/C22H27FN4O3S/c1-15-25-18(13-31-15)21(29)27-9-7-22(8-10-27)14-26(2)12-19(30-22)20(28)24-11-16-3-5-17(23)6-4-16/h3-6,13,19H,7-12,14H2,1-2H3,(H,24,28). The molecule has 166 valence electrons. The Labute approximate surface area is 185 Å². The number of ether oxygens (including phenoxy) is 1. The third kappa shape index (κ3) is 5.11. The molecule has 1 spiro atoms. The zero-order valence-corrected chi connectivity index (χ0v) is 18.6. The van der Waals surface area contributed by atoms with Gasteiger partial charge in [-0.05, 0) is 44.5 Å². The van der Waals surface area contributed by atoms with Crippen LogP contribution in [0.25, 0.3) is 0 Å². The van der Waals surface area contributed by atoms with Gasteiger partial charge in [0, 0.05) is 38.1 Å². The number of carbonyl (C=O) groups excluding carboxylic acids is 2. The highest BCUT2D eigenvalue weighted by Crippen LogP contribution is 2.32. The Morgan fingerprint density at radius 1 is 1.29 bits per heavy atom. The summed E-state index contributed by atoms with van der Waals surface area (Å²) in [5, 5.41) is 5.58. The monoisotopic (exact) mass is 446 g/mol. The van der Waals surface area contributed by atoms with Gasteiger partial charge in [0.05, 0.1) is 10.6 Å². The van der Waals surface area contributed by atoms with Crippen molar-refractivity contribution in [1.82, 2.24) is 20.1 Å². The van der Waals surface area contributed by atoms with Crippen molar-refractivity contribution in [2.24, 2.45) is 0 Å². The van der Waals surface area contributed by atoms with Crippen LogP contribution in [-0.2, 0) is 16.1 Å². The number of likely N-dealkylation sites (tertiary alicyclic amines) is 1. The molecule has 0 aliphatic carbocycles. The smallest absolute Gasteiger partial charge is 0.273 e. The summed E-state index contributed by atoms with van der Waals surface area (Å²) >= 11 is 1.47. The van der Waals surface area contributed by atoms with E-state index in [-0.39, 0.29) is 17.6 Å². The maximum atomic E-state index is 13.1. The summed E-state index contributed by atoms with van der Waals surface area (Å²) in [6.07, 6.45) is 0.768. The molecule has 1 aromatic carbocycles. The van der Waals surface area contributed by atoms with E-state index in [1.54, 1.807) is 17.5 Å². The number of amides is 2. The number of morpholine rings is 1. The normalized spacial score (nSPS) is 21.3. The van der Waals surface area contributed by atoms with Gasteiger partial charge < -0.3 is 19.9 Å². The van der Waals surface area contributed by atoms with Crippen LogP contribution in [0.5, 0.6) is 0 Å². The number of hydrogen-bond acceptors (Lipinski definition) is 6. The largest absolute Gasteiger partial charge is 0.359 e. The minimum atomic E-state index is -0.581. The van der Waals surface area contributed by atoms with Crippen LogP contribution in [0.4, 0.5) is 4.39 Å². The van der Waals surface area contributed by atoms with E-state index in [0.29, 0.717) is 44.7 Å². The molecule has 2 amide bonds. The number of thiazole rings is 1. The lowest BCUT2D eigenvalue weighted by Crippen LogP contribution is -2.61. The minimum absolute atomic E-state index is 0.0445. The van der Waals surface area contributed by atoms with Crippen molar-refractivity contribution < 1.29 is 18.7 Å². The van der Waals surface area contributed by atoms with Crippen LogP contribution in [0.1, 0.15) is 33.9 Å². The second kappa shape index (κ2) is 9.02. The van der Waals surface area contributed by atoms with Crippen LogP contribution < -0.4 is 5.32 Å². The van der Waals surface area contributed by atoms with Gasteiger partial charge in [-0.25, -0.2) is 9.37 Å². The maximum Gasteiger partial charge on any atom is 0.273 e. The number of aromatic nitrogens is 1. The van der Waals surface area contributed by atoms with Gasteiger partial charge in [0.25, 0.3) is 11.8 Å². The molecule has 0 radical (unpaired) electrons. The van der Waals surface area contributed by atoms with Crippen LogP contribution in [0.3, 0.4) is 0 Å². The molecule has 1 unspecified atom stereocenters. The van der Waals surface area contributed by atoms with Gasteiger partial charge in [0.15, 0.2) is 0 Å². The molecule has 31 heavy (non-hydrogen) atoms. The van der Waals surface area contributed by atoms with Crippen molar-refractivity contribution in [3.05, 3.63) is 51.7 Å². The number of halogens is 1. The van der Waals surface area contributed by atoms with Gasteiger partial charge in [-0.3, -0.25) is 9.59 Å². The number of nitrogens with one attached hydrogen (secondary N) is 1. The molecule has 4 rings (SSSR count). The second-order valence-corrected chi connectivity index (χ2v) is 9.44. The van der Waals surface area contributed by atoms with E-state index in [2.05, 4.69) is 15.2 Å². The molecule has 3 heterocycles. The van der Waals surface area contributed by atoms with Crippen LogP contribution >= 0.6 is 11.3 Å². The Hall–Kier alpha value is -2.36. The van der Waals surface area contributed by atoms with Gasteiger partial charge in [-0.15, -0.1) is 11.3 Å². The van der Waals surface area contributed by atoms with Gasteiger partial charge in [-0.2, -0.15) is 0 Å². The highest BCUT2D eigenvalue weighted by molar-refractivity contribution is 7.09. The fourth-order valence-electron chi connectivity index (χ4n) is 4.27. The van der Waals surface area contributed by atoms with Gasteiger partial charge in [0.1, 0.15) is 17.6 Å².